The number of carboxylic acids is 1. The monoisotopic (exact) mass is 364 g/mol. The first-order valence-electron chi connectivity index (χ1n) is 7.20. The average Bonchev–Trinajstić information content (AvgIpc) is 2.45. The van der Waals surface area contributed by atoms with Crippen LogP contribution in [0.3, 0.4) is 0 Å². The fourth-order valence-corrected chi connectivity index (χ4v) is 1.82. The van der Waals surface area contributed by atoms with Crippen LogP contribution >= 0.6 is 12.6 Å². The molecule has 0 fully saturated rings. The highest BCUT2D eigenvalue weighted by Gasteiger charge is 2.28. The van der Waals surface area contributed by atoms with Crippen LogP contribution in [0.5, 0.6) is 0 Å². The fraction of sp³-hybridized carbons (Fsp3) is 0.714. The van der Waals surface area contributed by atoms with E-state index >= 15 is 0 Å². The van der Waals surface area contributed by atoms with E-state index in [9.17, 15) is 19.2 Å². The predicted molar refractivity (Wildman–Crippen MR) is 87.8 cm³/mol. The Hall–Kier alpha value is -1.97. The van der Waals surface area contributed by atoms with Gasteiger partial charge in [0.1, 0.15) is 17.7 Å². The summed E-state index contributed by atoms with van der Waals surface area (Å²) < 4.78 is 9.56. The highest BCUT2D eigenvalue weighted by molar-refractivity contribution is 7.80. The molecule has 0 aromatic carbocycles. The topological polar surface area (TPSA) is 131 Å². The van der Waals surface area contributed by atoms with E-state index in [1.807, 2.05) is 0 Å². The molecule has 0 heterocycles. The lowest BCUT2D eigenvalue weighted by molar-refractivity contribution is -0.144. The molecule has 0 aliphatic rings. The molecule has 0 aromatic rings. The van der Waals surface area contributed by atoms with Crippen molar-refractivity contribution in [2.75, 3.05) is 12.9 Å². The molecule has 0 rings (SSSR count). The third-order valence-corrected chi connectivity index (χ3v) is 3.00. The Kier molecular flexibility index (Phi) is 9.19. The van der Waals surface area contributed by atoms with Crippen molar-refractivity contribution in [1.82, 2.24) is 10.6 Å². The van der Waals surface area contributed by atoms with Gasteiger partial charge in [-0.2, -0.15) is 12.6 Å². The highest BCUT2D eigenvalue weighted by Crippen LogP contribution is 2.08. The maximum absolute atomic E-state index is 12.2. The molecular weight excluding hydrogens is 340 g/mol. The lowest BCUT2D eigenvalue weighted by Gasteiger charge is -2.24. The molecule has 0 aromatic heterocycles. The number of carbonyl (C=O) groups is 4. The number of aliphatic carboxylic acids is 1. The Morgan fingerprint density at radius 2 is 1.71 bits per heavy atom. The number of ether oxygens (including phenoxy) is 2. The van der Waals surface area contributed by atoms with Crippen LogP contribution in [0, 0.1) is 0 Å². The molecule has 0 saturated carbocycles. The van der Waals surface area contributed by atoms with Crippen LogP contribution in [0.1, 0.15) is 33.6 Å². The number of carboxylic acid groups (broad SMARTS) is 1. The summed E-state index contributed by atoms with van der Waals surface area (Å²) in [6.07, 6.45) is -1.38. The Morgan fingerprint density at radius 3 is 2.12 bits per heavy atom. The van der Waals surface area contributed by atoms with Crippen molar-refractivity contribution in [2.45, 2.75) is 51.3 Å². The van der Waals surface area contributed by atoms with Gasteiger partial charge in [-0.05, 0) is 27.2 Å². The van der Waals surface area contributed by atoms with Gasteiger partial charge in [0.25, 0.3) is 0 Å². The molecule has 9 nitrogen and oxygen atoms in total. The molecule has 0 saturated heterocycles. The third-order valence-electron chi connectivity index (χ3n) is 2.64. The standard InChI is InChI=1S/C14H24N2O7S/c1-14(2,3)23-13(21)16-8(5-6-10(17)18)11(19)15-9(7-24)12(20)22-4/h8-9,24H,5-7H2,1-4H3,(H,15,19)(H,16,21)(H,17,18)/t8-,9-/m0/s1. The van der Waals surface area contributed by atoms with E-state index < -0.39 is 41.6 Å². The summed E-state index contributed by atoms with van der Waals surface area (Å²) in [5, 5.41) is 13.4. The van der Waals surface area contributed by atoms with Crippen LogP contribution in [0.2, 0.25) is 0 Å². The minimum absolute atomic E-state index is 0.0174. The first-order valence-corrected chi connectivity index (χ1v) is 7.83. The van der Waals surface area contributed by atoms with Crippen molar-refractivity contribution in [3.05, 3.63) is 0 Å². The van der Waals surface area contributed by atoms with Crippen molar-refractivity contribution < 1.29 is 33.8 Å². The third kappa shape index (κ3) is 9.23. The van der Waals surface area contributed by atoms with Crippen LogP contribution in [-0.4, -0.2) is 59.6 Å². The van der Waals surface area contributed by atoms with Crippen molar-refractivity contribution in [2.24, 2.45) is 0 Å². The molecule has 138 valence electrons. The van der Waals surface area contributed by atoms with Crippen LogP contribution < -0.4 is 10.6 Å². The van der Waals surface area contributed by atoms with Crippen LogP contribution in [0.15, 0.2) is 0 Å². The van der Waals surface area contributed by atoms with E-state index in [4.69, 9.17) is 9.84 Å². The molecule has 3 N–H and O–H groups in total. The van der Waals surface area contributed by atoms with Gasteiger partial charge >= 0.3 is 18.0 Å². The number of esters is 1. The van der Waals surface area contributed by atoms with E-state index in [0.717, 1.165) is 7.11 Å². The number of rotatable bonds is 8. The summed E-state index contributed by atoms with van der Waals surface area (Å²) in [5.74, 6) is -2.58. The summed E-state index contributed by atoms with van der Waals surface area (Å²) in [6, 6.07) is -2.19. The highest BCUT2D eigenvalue weighted by atomic mass is 32.1. The summed E-state index contributed by atoms with van der Waals surface area (Å²) in [7, 11) is 1.16. The van der Waals surface area contributed by atoms with Crippen molar-refractivity contribution in [1.29, 1.82) is 0 Å². The number of alkyl carbamates (subject to hydrolysis) is 1. The maximum atomic E-state index is 12.2. The summed E-state index contributed by atoms with van der Waals surface area (Å²) in [4.78, 5) is 46.2. The quantitative estimate of drug-likeness (QED) is 0.360. The average molecular weight is 364 g/mol. The maximum Gasteiger partial charge on any atom is 0.408 e. The molecule has 2 atom stereocenters. The van der Waals surface area contributed by atoms with Crippen molar-refractivity contribution in [3.63, 3.8) is 0 Å². The minimum atomic E-state index is -1.18. The number of amides is 2. The first-order chi connectivity index (χ1) is 11.0. The van der Waals surface area contributed by atoms with E-state index in [0.29, 0.717) is 0 Å². The number of hydrogen-bond acceptors (Lipinski definition) is 7. The Morgan fingerprint density at radius 1 is 1.12 bits per heavy atom. The minimum Gasteiger partial charge on any atom is -0.481 e. The zero-order valence-electron chi connectivity index (χ0n) is 14.1. The van der Waals surface area contributed by atoms with Gasteiger partial charge < -0.3 is 25.2 Å². The van der Waals surface area contributed by atoms with E-state index in [1.165, 1.54) is 0 Å². The zero-order chi connectivity index (χ0) is 18.9. The smallest absolute Gasteiger partial charge is 0.408 e. The fourth-order valence-electron chi connectivity index (χ4n) is 1.58. The molecule has 0 aliphatic carbocycles. The van der Waals surface area contributed by atoms with Gasteiger partial charge in [0, 0.05) is 12.2 Å². The van der Waals surface area contributed by atoms with Crippen LogP contribution in [-0.2, 0) is 23.9 Å². The largest absolute Gasteiger partial charge is 0.481 e. The second kappa shape index (κ2) is 10.0. The van der Waals surface area contributed by atoms with Crippen LogP contribution in [0.25, 0.3) is 0 Å². The molecule has 0 bridgehead atoms. The van der Waals surface area contributed by atoms with Crippen LogP contribution in [0.4, 0.5) is 4.79 Å². The molecule has 0 unspecified atom stereocenters. The molecule has 2 amide bonds. The molecule has 24 heavy (non-hydrogen) atoms. The summed E-state index contributed by atoms with van der Waals surface area (Å²) in [6.45, 7) is 4.94. The number of carbonyl (C=O) groups excluding carboxylic acids is 3. The van der Waals surface area contributed by atoms with Gasteiger partial charge in [0.15, 0.2) is 0 Å². The van der Waals surface area contributed by atoms with E-state index in [2.05, 4.69) is 28.0 Å². The second-order valence-corrected chi connectivity index (χ2v) is 6.26. The normalized spacial score (nSPS) is 13.4. The summed E-state index contributed by atoms with van der Waals surface area (Å²) in [5.41, 5.74) is -0.780. The lowest BCUT2D eigenvalue weighted by Crippen LogP contribution is -2.53. The number of hydrogen-bond donors (Lipinski definition) is 4. The predicted octanol–water partition coefficient (Wildman–Crippen LogP) is 0.332. The van der Waals surface area contributed by atoms with Gasteiger partial charge in [-0.25, -0.2) is 9.59 Å². The first kappa shape index (κ1) is 22.0. The lowest BCUT2D eigenvalue weighted by atomic mass is 10.1. The zero-order valence-corrected chi connectivity index (χ0v) is 15.0. The van der Waals surface area contributed by atoms with Gasteiger partial charge in [-0.1, -0.05) is 0 Å². The molecule has 10 heteroatoms. The Labute approximate surface area is 145 Å². The second-order valence-electron chi connectivity index (χ2n) is 5.90. The molecule has 0 radical (unpaired) electrons. The van der Waals surface area contributed by atoms with Gasteiger partial charge in [-0.3, -0.25) is 9.59 Å². The SMILES string of the molecule is COC(=O)[C@H](CS)NC(=O)[C@H](CCC(=O)O)NC(=O)OC(C)(C)C. The van der Waals surface area contributed by atoms with Gasteiger partial charge in [0.2, 0.25) is 5.91 Å². The summed E-state index contributed by atoms with van der Waals surface area (Å²) >= 11 is 3.94. The Balaban J connectivity index is 4.97. The molecule has 0 spiro atoms. The van der Waals surface area contributed by atoms with Crippen molar-refractivity contribution in [3.8, 4) is 0 Å². The molecule has 0 aliphatic heterocycles. The number of methoxy groups -OCH3 is 1. The van der Waals surface area contributed by atoms with E-state index in [-0.39, 0.29) is 18.6 Å². The van der Waals surface area contributed by atoms with E-state index in [1.54, 1.807) is 20.8 Å². The number of thiol groups is 1. The van der Waals surface area contributed by atoms with Gasteiger partial charge in [0.05, 0.1) is 7.11 Å². The number of nitrogens with one attached hydrogen (secondary N) is 2. The molecular formula is C14H24N2O7S. The Bertz CT molecular complexity index is 476. The van der Waals surface area contributed by atoms with Gasteiger partial charge in [-0.15, -0.1) is 0 Å². The van der Waals surface area contributed by atoms with Crippen molar-refractivity contribution >= 4 is 36.6 Å².